The van der Waals surface area contributed by atoms with Crippen molar-refractivity contribution in [3.05, 3.63) is 70.4 Å². The molecule has 2 heterocycles. The van der Waals surface area contributed by atoms with Crippen LogP contribution in [0.4, 0.5) is 16.2 Å². The molecule has 0 spiro atoms. The monoisotopic (exact) mass is 483 g/mol. The van der Waals surface area contributed by atoms with E-state index in [1.807, 2.05) is 31.2 Å². The third-order valence-corrected chi connectivity index (χ3v) is 6.81. The van der Waals surface area contributed by atoms with Gasteiger partial charge in [0.2, 0.25) is 0 Å². The second-order valence-corrected chi connectivity index (χ2v) is 9.60. The summed E-state index contributed by atoms with van der Waals surface area (Å²) in [4.78, 5) is 34.0. The number of halogens is 1. The molecule has 2 aliphatic heterocycles. The Morgan fingerprint density at radius 3 is 2.27 bits per heavy atom. The average Bonchev–Trinajstić information content (AvgIpc) is 2.80. The molecule has 4 rings (SSSR count). The first-order valence-corrected chi connectivity index (χ1v) is 12.0. The van der Waals surface area contributed by atoms with Gasteiger partial charge in [-0.3, -0.25) is 4.79 Å². The first kappa shape index (κ1) is 23.2. The summed E-state index contributed by atoms with van der Waals surface area (Å²) in [6, 6.07) is 14.0. The molecule has 172 valence electrons. The zero-order chi connectivity index (χ0) is 23.5. The lowest BCUT2D eigenvalue weighted by molar-refractivity contribution is -0.125. The molecule has 3 amide bonds. The fourth-order valence-corrected chi connectivity index (χ4v) is 5.05. The van der Waals surface area contributed by atoms with Crippen molar-refractivity contribution in [2.75, 3.05) is 37.0 Å². The molecular formula is C24H26ClN5O2S. The SMILES string of the molecule is CC1=C(C(=O)N(C)C)C(c2ccc(NC(=O)Nc3ccc(Cl)cc3)cc2)N2CCCSC2=N1. The predicted molar refractivity (Wildman–Crippen MR) is 136 cm³/mol. The molecule has 0 bridgehead atoms. The van der Waals surface area contributed by atoms with Crippen LogP contribution in [0.15, 0.2) is 64.8 Å². The van der Waals surface area contributed by atoms with Crippen molar-refractivity contribution in [3.63, 3.8) is 0 Å². The predicted octanol–water partition coefficient (Wildman–Crippen LogP) is 5.20. The van der Waals surface area contributed by atoms with Gasteiger partial charge in [-0.25, -0.2) is 9.79 Å². The van der Waals surface area contributed by atoms with Gasteiger partial charge in [-0.2, -0.15) is 0 Å². The number of nitrogens with one attached hydrogen (secondary N) is 2. The van der Waals surface area contributed by atoms with Crippen LogP contribution in [-0.4, -0.2) is 53.3 Å². The topological polar surface area (TPSA) is 77.0 Å². The number of benzene rings is 2. The molecule has 0 saturated carbocycles. The van der Waals surface area contributed by atoms with Crippen molar-refractivity contribution in [2.24, 2.45) is 4.99 Å². The highest BCUT2D eigenvalue weighted by Crippen LogP contribution is 2.40. The molecule has 0 aromatic heterocycles. The molecule has 33 heavy (non-hydrogen) atoms. The van der Waals surface area contributed by atoms with Crippen LogP contribution < -0.4 is 10.6 Å². The van der Waals surface area contributed by atoms with E-state index in [9.17, 15) is 9.59 Å². The highest BCUT2D eigenvalue weighted by atomic mass is 35.5. The Hall–Kier alpha value is -2.97. The van der Waals surface area contributed by atoms with Gasteiger partial charge in [-0.15, -0.1) is 0 Å². The second-order valence-electron chi connectivity index (χ2n) is 8.10. The van der Waals surface area contributed by atoms with Crippen LogP contribution in [0.1, 0.15) is 24.9 Å². The third kappa shape index (κ3) is 5.17. The quantitative estimate of drug-likeness (QED) is 0.627. The lowest BCUT2D eigenvalue weighted by atomic mass is 9.93. The lowest BCUT2D eigenvalue weighted by Crippen LogP contribution is -2.43. The summed E-state index contributed by atoms with van der Waals surface area (Å²) < 4.78 is 0. The summed E-state index contributed by atoms with van der Waals surface area (Å²) in [6.07, 6.45) is 1.03. The summed E-state index contributed by atoms with van der Waals surface area (Å²) in [5.74, 6) is 0.984. The largest absolute Gasteiger partial charge is 0.345 e. The Kier molecular flexibility index (Phi) is 6.95. The van der Waals surface area contributed by atoms with Gasteiger partial charge >= 0.3 is 6.03 Å². The molecule has 9 heteroatoms. The van der Waals surface area contributed by atoms with Crippen molar-refractivity contribution >= 4 is 51.8 Å². The van der Waals surface area contributed by atoms with Gasteiger partial charge in [0.05, 0.1) is 17.3 Å². The summed E-state index contributed by atoms with van der Waals surface area (Å²) in [5, 5.41) is 7.19. The highest BCUT2D eigenvalue weighted by Gasteiger charge is 2.37. The molecule has 1 atom stereocenters. The van der Waals surface area contributed by atoms with Gasteiger partial charge in [-0.05, 0) is 55.3 Å². The van der Waals surface area contributed by atoms with E-state index in [1.54, 1.807) is 55.0 Å². The number of allylic oxidation sites excluding steroid dienone is 1. The standard InChI is InChI=1S/C24H26ClN5O2S/c1-15-20(22(31)29(2)3)21(30-13-4-14-33-24(30)26-15)16-5-9-18(10-6-16)27-23(32)28-19-11-7-17(25)8-12-19/h5-12,21H,4,13-14H2,1-3H3,(H2,27,28,32). The maximum atomic E-state index is 13.1. The molecule has 0 aliphatic carbocycles. The van der Waals surface area contributed by atoms with Crippen LogP contribution in [0.3, 0.4) is 0 Å². The summed E-state index contributed by atoms with van der Waals surface area (Å²) in [5.41, 5.74) is 3.73. The molecule has 0 radical (unpaired) electrons. The first-order chi connectivity index (χ1) is 15.8. The number of amides is 3. The molecule has 7 nitrogen and oxygen atoms in total. The van der Waals surface area contributed by atoms with Crippen LogP contribution in [0.25, 0.3) is 0 Å². The molecule has 2 aromatic carbocycles. The van der Waals surface area contributed by atoms with Crippen LogP contribution in [-0.2, 0) is 4.79 Å². The van der Waals surface area contributed by atoms with Gasteiger partial charge in [0.1, 0.15) is 0 Å². The zero-order valence-electron chi connectivity index (χ0n) is 18.8. The molecule has 2 aliphatic rings. The number of carbonyl (C=O) groups excluding carboxylic acids is 2. The zero-order valence-corrected chi connectivity index (χ0v) is 20.3. The van der Waals surface area contributed by atoms with Crippen molar-refractivity contribution in [3.8, 4) is 0 Å². The number of hydrogen-bond acceptors (Lipinski definition) is 5. The fourth-order valence-electron chi connectivity index (χ4n) is 3.90. The van der Waals surface area contributed by atoms with E-state index in [0.29, 0.717) is 22.0 Å². The van der Waals surface area contributed by atoms with Gasteiger partial charge in [0, 0.05) is 42.8 Å². The first-order valence-electron chi connectivity index (χ1n) is 10.7. The van der Waals surface area contributed by atoms with Crippen LogP contribution in [0, 0.1) is 0 Å². The van der Waals surface area contributed by atoms with E-state index in [1.165, 1.54) is 0 Å². The van der Waals surface area contributed by atoms with Crippen molar-refractivity contribution in [1.29, 1.82) is 0 Å². The molecule has 1 saturated heterocycles. The Morgan fingerprint density at radius 2 is 1.67 bits per heavy atom. The fraction of sp³-hybridized carbons (Fsp3) is 0.292. The van der Waals surface area contributed by atoms with Gasteiger partial charge in [-0.1, -0.05) is 35.5 Å². The Morgan fingerprint density at radius 1 is 1.06 bits per heavy atom. The van der Waals surface area contributed by atoms with Crippen molar-refractivity contribution in [2.45, 2.75) is 19.4 Å². The number of likely N-dealkylation sites (N-methyl/N-ethyl adjacent to an activating group) is 1. The van der Waals surface area contributed by atoms with Crippen LogP contribution in [0.2, 0.25) is 5.02 Å². The average molecular weight is 484 g/mol. The van der Waals surface area contributed by atoms with E-state index >= 15 is 0 Å². The number of nitrogens with zero attached hydrogens (tertiary/aromatic N) is 3. The third-order valence-electron chi connectivity index (χ3n) is 5.48. The number of urea groups is 1. The summed E-state index contributed by atoms with van der Waals surface area (Å²) in [6.45, 7) is 2.75. The van der Waals surface area contributed by atoms with Gasteiger partial charge in [0.25, 0.3) is 5.91 Å². The van der Waals surface area contributed by atoms with E-state index in [2.05, 4.69) is 15.5 Å². The van der Waals surface area contributed by atoms with Gasteiger partial charge in [0.15, 0.2) is 5.17 Å². The molecule has 1 fully saturated rings. The lowest BCUT2D eigenvalue weighted by Gasteiger charge is -2.41. The molecule has 2 aromatic rings. The summed E-state index contributed by atoms with van der Waals surface area (Å²) in [7, 11) is 3.52. The van der Waals surface area contributed by atoms with Crippen molar-refractivity contribution < 1.29 is 9.59 Å². The normalized spacial score (nSPS) is 17.8. The smallest absolute Gasteiger partial charge is 0.323 e. The number of fused-ring (bicyclic) bond motifs is 1. The van der Waals surface area contributed by atoms with Crippen LogP contribution >= 0.6 is 23.4 Å². The Balaban J connectivity index is 1.55. The van der Waals surface area contributed by atoms with Gasteiger partial charge < -0.3 is 20.4 Å². The number of amidine groups is 1. The minimum atomic E-state index is -0.344. The second kappa shape index (κ2) is 9.89. The van der Waals surface area contributed by atoms with E-state index in [0.717, 1.165) is 35.1 Å². The summed E-state index contributed by atoms with van der Waals surface area (Å²) >= 11 is 7.62. The molecule has 2 N–H and O–H groups in total. The Bertz CT molecular complexity index is 1110. The number of aliphatic imine (C=N–C) groups is 1. The van der Waals surface area contributed by atoms with E-state index in [4.69, 9.17) is 16.6 Å². The molecular weight excluding hydrogens is 458 g/mol. The van der Waals surface area contributed by atoms with E-state index in [-0.39, 0.29) is 18.0 Å². The Labute approximate surface area is 202 Å². The number of rotatable bonds is 4. The minimum absolute atomic E-state index is 0.0413. The number of thioether (sulfide) groups is 1. The maximum absolute atomic E-state index is 13.1. The van der Waals surface area contributed by atoms with E-state index < -0.39 is 0 Å². The number of hydrogen-bond donors (Lipinski definition) is 2. The van der Waals surface area contributed by atoms with Crippen molar-refractivity contribution in [1.82, 2.24) is 9.80 Å². The minimum Gasteiger partial charge on any atom is -0.345 e. The van der Waals surface area contributed by atoms with Crippen LogP contribution in [0.5, 0.6) is 0 Å². The maximum Gasteiger partial charge on any atom is 0.323 e. The number of anilines is 2. The molecule has 1 unspecified atom stereocenters. The highest BCUT2D eigenvalue weighted by molar-refractivity contribution is 8.13. The number of carbonyl (C=O) groups is 2.